The van der Waals surface area contributed by atoms with Crippen molar-refractivity contribution < 1.29 is 14.6 Å². The van der Waals surface area contributed by atoms with Crippen LogP contribution in [0.2, 0.25) is 0 Å². The second-order valence-corrected chi connectivity index (χ2v) is 6.59. The maximum atomic E-state index is 10.9. The Morgan fingerprint density at radius 1 is 1.16 bits per heavy atom. The highest BCUT2D eigenvalue weighted by molar-refractivity contribution is 7.16. The van der Waals surface area contributed by atoms with Gasteiger partial charge >= 0.3 is 5.97 Å². The minimum Gasteiger partial charge on any atom is -0.494 e. The van der Waals surface area contributed by atoms with Gasteiger partial charge in [-0.15, -0.1) is 11.3 Å². The number of ether oxygens (including phenoxy) is 1. The Balaban J connectivity index is 1.78. The highest BCUT2D eigenvalue weighted by Gasteiger charge is 2.11. The molecule has 1 aromatic heterocycles. The molecular weight excluding hydrogens is 336 g/mol. The lowest BCUT2D eigenvalue weighted by molar-refractivity contribution is 0.0697. The van der Waals surface area contributed by atoms with E-state index in [-0.39, 0.29) is 5.56 Å². The lowest BCUT2D eigenvalue weighted by Crippen LogP contribution is -1.96. The van der Waals surface area contributed by atoms with Crippen molar-refractivity contribution in [3.05, 3.63) is 59.0 Å². The van der Waals surface area contributed by atoms with Gasteiger partial charge in [0.15, 0.2) is 5.13 Å². The first-order valence-electron chi connectivity index (χ1n) is 7.88. The third-order valence-electron chi connectivity index (χ3n) is 3.62. The number of carbonyl (C=O) groups is 1. The maximum absolute atomic E-state index is 10.9. The van der Waals surface area contributed by atoms with Gasteiger partial charge in [-0.05, 0) is 62.4 Å². The summed E-state index contributed by atoms with van der Waals surface area (Å²) in [6, 6.07) is 14.5. The molecule has 0 fully saturated rings. The molecule has 0 saturated carbocycles. The quantitative estimate of drug-likeness (QED) is 0.655. The largest absolute Gasteiger partial charge is 0.494 e. The number of hydrogen-bond acceptors (Lipinski definition) is 5. The van der Waals surface area contributed by atoms with Crippen LogP contribution in [0.4, 0.5) is 10.8 Å². The molecular formula is C19H18N2O3S. The highest BCUT2D eigenvalue weighted by Crippen LogP contribution is 2.32. The molecule has 128 valence electrons. The SMILES string of the molecule is CCOc1ccc(-c2nc(Nc3ccc(C(=O)O)cc3)sc2C)cc1. The second kappa shape index (κ2) is 7.36. The zero-order valence-electron chi connectivity index (χ0n) is 13.9. The minimum absolute atomic E-state index is 0.260. The van der Waals surface area contributed by atoms with E-state index in [4.69, 9.17) is 9.84 Å². The van der Waals surface area contributed by atoms with E-state index in [1.54, 1.807) is 35.6 Å². The number of carboxylic acids is 1. The monoisotopic (exact) mass is 354 g/mol. The van der Waals surface area contributed by atoms with E-state index in [1.165, 1.54) is 0 Å². The Labute approximate surface area is 149 Å². The molecule has 25 heavy (non-hydrogen) atoms. The fourth-order valence-electron chi connectivity index (χ4n) is 2.41. The minimum atomic E-state index is -0.936. The number of rotatable bonds is 6. The molecule has 2 N–H and O–H groups in total. The average molecular weight is 354 g/mol. The summed E-state index contributed by atoms with van der Waals surface area (Å²) in [7, 11) is 0. The number of nitrogens with zero attached hydrogens (tertiary/aromatic N) is 1. The summed E-state index contributed by atoms with van der Waals surface area (Å²) in [5.74, 6) is -0.0922. The van der Waals surface area contributed by atoms with Crippen LogP contribution >= 0.6 is 11.3 Å². The van der Waals surface area contributed by atoms with Crippen molar-refractivity contribution in [2.24, 2.45) is 0 Å². The standard InChI is InChI=1S/C19H18N2O3S/c1-3-24-16-10-6-13(7-11-16)17-12(2)25-19(21-17)20-15-8-4-14(5-9-15)18(22)23/h4-11H,3H2,1-2H3,(H,20,21)(H,22,23). The van der Waals surface area contributed by atoms with Crippen LogP contribution in [0, 0.1) is 6.92 Å². The average Bonchev–Trinajstić information content (AvgIpc) is 2.96. The van der Waals surface area contributed by atoms with E-state index >= 15 is 0 Å². The third kappa shape index (κ3) is 3.97. The number of nitrogens with one attached hydrogen (secondary N) is 1. The summed E-state index contributed by atoms with van der Waals surface area (Å²) in [6.45, 7) is 4.63. The molecule has 0 unspecified atom stereocenters. The molecule has 5 nitrogen and oxygen atoms in total. The Morgan fingerprint density at radius 3 is 2.44 bits per heavy atom. The van der Waals surface area contributed by atoms with Gasteiger partial charge in [-0.2, -0.15) is 0 Å². The molecule has 0 amide bonds. The predicted molar refractivity (Wildman–Crippen MR) is 100 cm³/mol. The molecule has 0 aliphatic rings. The van der Waals surface area contributed by atoms with Crippen LogP contribution in [0.15, 0.2) is 48.5 Å². The number of anilines is 2. The van der Waals surface area contributed by atoms with E-state index in [1.807, 2.05) is 38.1 Å². The summed E-state index contributed by atoms with van der Waals surface area (Å²) in [6.07, 6.45) is 0. The van der Waals surface area contributed by atoms with Crippen molar-refractivity contribution >= 4 is 28.1 Å². The zero-order chi connectivity index (χ0) is 17.8. The zero-order valence-corrected chi connectivity index (χ0v) is 14.8. The van der Waals surface area contributed by atoms with Crippen molar-refractivity contribution in [2.45, 2.75) is 13.8 Å². The van der Waals surface area contributed by atoms with Crippen LogP contribution in [0.3, 0.4) is 0 Å². The molecule has 0 aliphatic carbocycles. The van der Waals surface area contributed by atoms with E-state index in [2.05, 4.69) is 10.3 Å². The van der Waals surface area contributed by atoms with Crippen LogP contribution in [0.1, 0.15) is 22.2 Å². The molecule has 0 atom stereocenters. The van der Waals surface area contributed by atoms with Gasteiger partial charge in [0.05, 0.1) is 17.9 Å². The molecule has 0 radical (unpaired) electrons. The van der Waals surface area contributed by atoms with Gasteiger partial charge in [0.1, 0.15) is 5.75 Å². The summed E-state index contributed by atoms with van der Waals surface area (Å²) in [4.78, 5) is 16.7. The predicted octanol–water partition coefficient (Wildman–Crippen LogP) is 4.96. The first kappa shape index (κ1) is 17.0. The van der Waals surface area contributed by atoms with Crippen molar-refractivity contribution in [2.75, 3.05) is 11.9 Å². The Kier molecular flexibility index (Phi) is 5.00. The summed E-state index contributed by atoms with van der Waals surface area (Å²) >= 11 is 1.56. The highest BCUT2D eigenvalue weighted by atomic mass is 32.1. The Bertz CT molecular complexity index is 871. The van der Waals surface area contributed by atoms with Gasteiger partial charge in [-0.1, -0.05) is 0 Å². The number of hydrogen-bond donors (Lipinski definition) is 2. The first-order chi connectivity index (χ1) is 12.1. The van der Waals surface area contributed by atoms with E-state index in [9.17, 15) is 4.79 Å². The van der Waals surface area contributed by atoms with Gasteiger partial charge in [0.25, 0.3) is 0 Å². The molecule has 6 heteroatoms. The van der Waals surface area contributed by atoms with Crippen LogP contribution in [0.5, 0.6) is 5.75 Å². The molecule has 2 aromatic carbocycles. The van der Waals surface area contributed by atoms with Gasteiger partial charge in [-0.25, -0.2) is 9.78 Å². The normalized spacial score (nSPS) is 10.5. The van der Waals surface area contributed by atoms with Crippen LogP contribution in [-0.2, 0) is 0 Å². The van der Waals surface area contributed by atoms with Crippen LogP contribution < -0.4 is 10.1 Å². The maximum Gasteiger partial charge on any atom is 0.335 e. The van der Waals surface area contributed by atoms with Crippen molar-refractivity contribution in [1.82, 2.24) is 4.98 Å². The number of benzene rings is 2. The van der Waals surface area contributed by atoms with Crippen molar-refractivity contribution in [3.63, 3.8) is 0 Å². The summed E-state index contributed by atoms with van der Waals surface area (Å²) in [5, 5.41) is 12.9. The Morgan fingerprint density at radius 2 is 1.84 bits per heavy atom. The smallest absolute Gasteiger partial charge is 0.335 e. The second-order valence-electron chi connectivity index (χ2n) is 5.39. The molecule has 0 bridgehead atoms. The van der Waals surface area contributed by atoms with Gasteiger partial charge in [-0.3, -0.25) is 0 Å². The van der Waals surface area contributed by atoms with Crippen molar-refractivity contribution in [1.29, 1.82) is 0 Å². The number of aromatic carboxylic acids is 1. The molecule has 0 spiro atoms. The van der Waals surface area contributed by atoms with E-state index in [0.29, 0.717) is 6.61 Å². The van der Waals surface area contributed by atoms with Gasteiger partial charge in [0.2, 0.25) is 0 Å². The molecule has 3 aromatic rings. The molecule has 1 heterocycles. The number of aryl methyl sites for hydroxylation is 1. The van der Waals surface area contributed by atoms with Gasteiger partial charge < -0.3 is 15.2 Å². The molecule has 3 rings (SSSR count). The molecule has 0 saturated heterocycles. The van der Waals surface area contributed by atoms with E-state index < -0.39 is 5.97 Å². The summed E-state index contributed by atoms with van der Waals surface area (Å²) < 4.78 is 5.47. The first-order valence-corrected chi connectivity index (χ1v) is 8.69. The van der Waals surface area contributed by atoms with Crippen LogP contribution in [-0.4, -0.2) is 22.7 Å². The molecule has 0 aliphatic heterocycles. The van der Waals surface area contributed by atoms with Crippen LogP contribution in [0.25, 0.3) is 11.3 Å². The topological polar surface area (TPSA) is 71.5 Å². The summed E-state index contributed by atoms with van der Waals surface area (Å²) in [5.41, 5.74) is 3.03. The number of aromatic nitrogens is 1. The fourth-order valence-corrected chi connectivity index (χ4v) is 3.27. The number of thiazole rings is 1. The van der Waals surface area contributed by atoms with E-state index in [0.717, 1.165) is 32.7 Å². The third-order valence-corrected chi connectivity index (χ3v) is 4.50. The fraction of sp³-hybridized carbons (Fsp3) is 0.158. The number of carboxylic acid groups (broad SMARTS) is 1. The van der Waals surface area contributed by atoms with Gasteiger partial charge in [0, 0.05) is 16.1 Å². The Hall–Kier alpha value is -2.86. The lowest BCUT2D eigenvalue weighted by atomic mass is 10.1. The lowest BCUT2D eigenvalue weighted by Gasteiger charge is -2.04. The van der Waals surface area contributed by atoms with Crippen molar-refractivity contribution in [3.8, 4) is 17.0 Å².